The second-order valence-corrected chi connectivity index (χ2v) is 8.40. The number of furan rings is 1. The Morgan fingerprint density at radius 2 is 1.74 bits per heavy atom. The number of oxazole rings is 1. The maximum atomic E-state index is 12.3. The average Bonchev–Trinajstić information content (AvgIpc) is 3.50. The number of rotatable bonds is 5. The Hall–Kier alpha value is -4.20. The van der Waals surface area contributed by atoms with Crippen LogP contribution in [0.25, 0.3) is 40.0 Å². The molecule has 0 unspecified atom stereocenters. The third kappa shape index (κ3) is 5.48. The van der Waals surface area contributed by atoms with Crippen LogP contribution in [0.3, 0.4) is 0 Å². The summed E-state index contributed by atoms with van der Waals surface area (Å²) in [5, 5.41) is 6.37. The molecule has 3 aromatic carbocycles. The van der Waals surface area contributed by atoms with Gasteiger partial charge in [0.05, 0.1) is 0 Å². The van der Waals surface area contributed by atoms with Gasteiger partial charge in [0, 0.05) is 27.9 Å². The highest BCUT2D eigenvalue weighted by atomic mass is 35.5. The van der Waals surface area contributed by atoms with Gasteiger partial charge in [-0.05, 0) is 66.8 Å². The van der Waals surface area contributed by atoms with E-state index >= 15 is 0 Å². The molecule has 0 aliphatic heterocycles. The largest absolute Gasteiger partial charge is 0.457 e. The van der Waals surface area contributed by atoms with Gasteiger partial charge < -0.3 is 14.2 Å². The van der Waals surface area contributed by atoms with Crippen molar-refractivity contribution in [2.45, 2.75) is 0 Å². The molecule has 0 spiro atoms. The predicted molar refractivity (Wildman–Crippen MR) is 142 cm³/mol. The zero-order valence-electron chi connectivity index (χ0n) is 18.2. The van der Waals surface area contributed by atoms with Gasteiger partial charge in [-0.3, -0.25) is 10.1 Å². The van der Waals surface area contributed by atoms with Crippen molar-refractivity contribution >= 4 is 57.7 Å². The van der Waals surface area contributed by atoms with Gasteiger partial charge in [0.1, 0.15) is 17.0 Å². The molecule has 0 aliphatic rings. The zero-order chi connectivity index (χ0) is 24.2. The fraction of sp³-hybridized carbons (Fsp3) is 0. The molecule has 35 heavy (non-hydrogen) atoms. The molecule has 172 valence electrons. The van der Waals surface area contributed by atoms with E-state index in [1.165, 1.54) is 6.08 Å². The van der Waals surface area contributed by atoms with Gasteiger partial charge in [-0.15, -0.1) is 0 Å². The lowest BCUT2D eigenvalue weighted by atomic mass is 10.2. The van der Waals surface area contributed by atoms with Crippen molar-refractivity contribution in [3.05, 3.63) is 102 Å². The monoisotopic (exact) mass is 499 g/mol. The summed E-state index contributed by atoms with van der Waals surface area (Å²) in [5.74, 6) is 1.36. The summed E-state index contributed by atoms with van der Waals surface area (Å²) in [4.78, 5) is 16.8. The van der Waals surface area contributed by atoms with Crippen molar-refractivity contribution in [1.82, 2.24) is 10.3 Å². The molecule has 0 atom stereocenters. The molecule has 2 aromatic heterocycles. The van der Waals surface area contributed by atoms with E-state index in [1.807, 2.05) is 60.7 Å². The lowest BCUT2D eigenvalue weighted by molar-refractivity contribution is -0.115. The number of halogens is 1. The van der Waals surface area contributed by atoms with Crippen molar-refractivity contribution < 1.29 is 13.6 Å². The average molecular weight is 500 g/mol. The Balaban J connectivity index is 1.21. The van der Waals surface area contributed by atoms with Gasteiger partial charge in [-0.1, -0.05) is 48.0 Å². The van der Waals surface area contributed by atoms with Crippen LogP contribution in [0, 0.1) is 0 Å². The van der Waals surface area contributed by atoms with Gasteiger partial charge in [-0.25, -0.2) is 4.98 Å². The summed E-state index contributed by atoms with van der Waals surface area (Å²) >= 11 is 11.3. The molecule has 0 saturated heterocycles. The normalized spacial score (nSPS) is 11.1. The summed E-state index contributed by atoms with van der Waals surface area (Å²) < 4.78 is 11.6. The first-order valence-electron chi connectivity index (χ1n) is 10.7. The Kier molecular flexibility index (Phi) is 6.43. The van der Waals surface area contributed by atoms with E-state index < -0.39 is 0 Å². The SMILES string of the molecule is O=C(/C=C/c1ccc(-c2ccccc2)o1)NC(=S)Nc1cccc(-c2nc3cc(Cl)ccc3o2)c1. The molecular formula is C27H18ClN3O3S. The van der Waals surface area contributed by atoms with Crippen LogP contribution in [0.2, 0.25) is 5.02 Å². The fourth-order valence-corrected chi connectivity index (χ4v) is 3.81. The van der Waals surface area contributed by atoms with E-state index in [0.717, 1.165) is 16.9 Å². The number of nitrogens with zero attached hydrogens (tertiary/aromatic N) is 1. The molecule has 5 rings (SSSR count). The van der Waals surface area contributed by atoms with Gasteiger partial charge in [0.15, 0.2) is 10.7 Å². The minimum atomic E-state index is -0.382. The van der Waals surface area contributed by atoms with E-state index in [4.69, 9.17) is 32.7 Å². The highest BCUT2D eigenvalue weighted by Gasteiger charge is 2.10. The number of carbonyl (C=O) groups is 1. The molecule has 1 amide bonds. The quantitative estimate of drug-likeness (QED) is 0.201. The minimum absolute atomic E-state index is 0.158. The van der Waals surface area contributed by atoms with Crippen LogP contribution in [0.1, 0.15) is 5.76 Å². The zero-order valence-corrected chi connectivity index (χ0v) is 19.8. The van der Waals surface area contributed by atoms with Crippen LogP contribution in [0.4, 0.5) is 5.69 Å². The maximum absolute atomic E-state index is 12.3. The van der Waals surface area contributed by atoms with Crippen molar-refractivity contribution in [2.75, 3.05) is 5.32 Å². The van der Waals surface area contributed by atoms with Gasteiger partial charge in [-0.2, -0.15) is 0 Å². The highest BCUT2D eigenvalue weighted by molar-refractivity contribution is 7.80. The van der Waals surface area contributed by atoms with Gasteiger partial charge in [0.25, 0.3) is 0 Å². The molecule has 0 radical (unpaired) electrons. The Morgan fingerprint density at radius 3 is 2.60 bits per heavy atom. The molecule has 0 fully saturated rings. The summed E-state index contributed by atoms with van der Waals surface area (Å²) in [7, 11) is 0. The van der Waals surface area contributed by atoms with Crippen molar-refractivity contribution in [3.63, 3.8) is 0 Å². The van der Waals surface area contributed by atoms with E-state index in [2.05, 4.69) is 15.6 Å². The van der Waals surface area contributed by atoms with Crippen molar-refractivity contribution in [2.24, 2.45) is 0 Å². The molecule has 2 N–H and O–H groups in total. The van der Waals surface area contributed by atoms with Crippen molar-refractivity contribution in [1.29, 1.82) is 0 Å². The third-order valence-corrected chi connectivity index (χ3v) is 5.48. The van der Waals surface area contributed by atoms with Crippen LogP contribution >= 0.6 is 23.8 Å². The number of fused-ring (bicyclic) bond motifs is 1. The summed E-state index contributed by atoms with van der Waals surface area (Å²) in [6, 6.07) is 26.0. The molecule has 0 bridgehead atoms. The van der Waals surface area contributed by atoms with Gasteiger partial charge >= 0.3 is 0 Å². The number of anilines is 1. The topological polar surface area (TPSA) is 80.3 Å². The lowest BCUT2D eigenvalue weighted by Gasteiger charge is -2.08. The predicted octanol–water partition coefficient (Wildman–Crippen LogP) is 6.93. The fourth-order valence-electron chi connectivity index (χ4n) is 3.43. The van der Waals surface area contributed by atoms with Crippen LogP contribution in [-0.4, -0.2) is 16.0 Å². The van der Waals surface area contributed by atoms with E-state index in [0.29, 0.717) is 33.5 Å². The molecule has 6 nitrogen and oxygen atoms in total. The van der Waals surface area contributed by atoms with Crippen molar-refractivity contribution in [3.8, 4) is 22.8 Å². The van der Waals surface area contributed by atoms with E-state index in [-0.39, 0.29) is 11.0 Å². The van der Waals surface area contributed by atoms with E-state index in [9.17, 15) is 4.79 Å². The second kappa shape index (κ2) is 9.97. The molecule has 0 saturated carbocycles. The number of benzene rings is 3. The Morgan fingerprint density at radius 1 is 0.914 bits per heavy atom. The number of nitrogens with one attached hydrogen (secondary N) is 2. The van der Waals surface area contributed by atoms with Gasteiger partial charge in [0.2, 0.25) is 11.8 Å². The summed E-state index contributed by atoms with van der Waals surface area (Å²) in [5.41, 5.74) is 3.71. The lowest BCUT2D eigenvalue weighted by Crippen LogP contribution is -2.32. The standard InChI is InChI=1S/C27H18ClN3O3S/c28-19-9-12-24-22(16-19)30-26(34-24)18-7-4-8-20(15-18)29-27(35)31-25(32)14-11-21-10-13-23(33-21)17-5-2-1-3-6-17/h1-16H,(H2,29,31,32,35)/b14-11+. The number of hydrogen-bond donors (Lipinski definition) is 2. The number of aromatic nitrogens is 1. The number of hydrogen-bond acceptors (Lipinski definition) is 5. The number of amides is 1. The van der Waals surface area contributed by atoms with Crippen LogP contribution in [-0.2, 0) is 4.79 Å². The molecule has 8 heteroatoms. The van der Waals surface area contributed by atoms with Crippen LogP contribution in [0.5, 0.6) is 0 Å². The molecule has 0 aliphatic carbocycles. The molecule has 2 heterocycles. The van der Waals surface area contributed by atoms with Crippen LogP contribution < -0.4 is 10.6 Å². The number of carbonyl (C=O) groups excluding carboxylic acids is 1. The first-order valence-corrected chi connectivity index (χ1v) is 11.4. The second-order valence-electron chi connectivity index (χ2n) is 7.56. The Bertz CT molecular complexity index is 1560. The van der Waals surface area contributed by atoms with Crippen LogP contribution in [0.15, 0.2) is 99.8 Å². The first kappa shape index (κ1) is 22.6. The third-order valence-electron chi connectivity index (χ3n) is 5.04. The Labute approximate surface area is 211 Å². The minimum Gasteiger partial charge on any atom is -0.457 e. The highest BCUT2D eigenvalue weighted by Crippen LogP contribution is 2.28. The van der Waals surface area contributed by atoms with E-state index in [1.54, 1.807) is 30.3 Å². The molecular weight excluding hydrogens is 482 g/mol. The maximum Gasteiger partial charge on any atom is 0.250 e. The summed E-state index contributed by atoms with van der Waals surface area (Å²) in [6.07, 6.45) is 2.95. The summed E-state index contributed by atoms with van der Waals surface area (Å²) in [6.45, 7) is 0. The molecule has 5 aromatic rings. The first-order chi connectivity index (χ1) is 17.0. The smallest absolute Gasteiger partial charge is 0.250 e. The number of thiocarbonyl (C=S) groups is 1.